The lowest BCUT2D eigenvalue weighted by Crippen LogP contribution is -2.46. The first-order valence-corrected chi connectivity index (χ1v) is 12.3. The lowest BCUT2D eigenvalue weighted by molar-refractivity contribution is -0.121. The van der Waals surface area contributed by atoms with Gasteiger partial charge >= 0.3 is 0 Å². The highest BCUT2D eigenvalue weighted by molar-refractivity contribution is 5.80. The molecule has 2 aliphatic rings. The molecule has 1 aromatic carbocycles. The van der Waals surface area contributed by atoms with Crippen molar-refractivity contribution >= 4 is 11.9 Å². The molecule has 1 amide bonds. The van der Waals surface area contributed by atoms with Crippen molar-refractivity contribution in [3.8, 4) is 0 Å². The Morgan fingerprint density at radius 3 is 2.44 bits per heavy atom. The van der Waals surface area contributed by atoms with Crippen LogP contribution >= 0.6 is 0 Å². The number of rotatable bonds is 7. The van der Waals surface area contributed by atoms with Crippen LogP contribution in [0.25, 0.3) is 0 Å². The van der Waals surface area contributed by atoms with Crippen LogP contribution in [-0.4, -0.2) is 86.5 Å². The van der Waals surface area contributed by atoms with E-state index in [-0.39, 0.29) is 5.91 Å². The molecule has 0 atom stereocenters. The molecular formula is C25H42N6O. The number of amides is 1. The van der Waals surface area contributed by atoms with Crippen LogP contribution in [0, 0.1) is 5.92 Å². The van der Waals surface area contributed by atoms with E-state index >= 15 is 0 Å². The van der Waals surface area contributed by atoms with Gasteiger partial charge in [0.1, 0.15) is 0 Å². The van der Waals surface area contributed by atoms with Crippen LogP contribution in [0.15, 0.2) is 29.3 Å². The molecule has 178 valence electrons. The molecule has 3 rings (SSSR count). The van der Waals surface area contributed by atoms with Gasteiger partial charge in [0.15, 0.2) is 5.96 Å². The van der Waals surface area contributed by atoms with Gasteiger partial charge in [-0.15, -0.1) is 0 Å². The summed E-state index contributed by atoms with van der Waals surface area (Å²) in [4.78, 5) is 23.9. The van der Waals surface area contributed by atoms with Gasteiger partial charge in [0.05, 0.1) is 6.54 Å². The summed E-state index contributed by atoms with van der Waals surface area (Å²) in [5.74, 6) is 1.62. The third kappa shape index (κ3) is 7.78. The van der Waals surface area contributed by atoms with Crippen LogP contribution in [0.1, 0.15) is 43.7 Å². The van der Waals surface area contributed by atoms with Crippen molar-refractivity contribution in [3.63, 3.8) is 0 Å². The molecule has 0 saturated carbocycles. The molecule has 2 fully saturated rings. The summed E-state index contributed by atoms with van der Waals surface area (Å²) >= 11 is 0. The number of likely N-dealkylation sites (N-methyl/N-ethyl adjacent to an activating group) is 1. The van der Waals surface area contributed by atoms with E-state index in [1.807, 2.05) is 0 Å². The first-order valence-electron chi connectivity index (χ1n) is 12.3. The summed E-state index contributed by atoms with van der Waals surface area (Å²) in [6, 6.07) is 8.97. The Balaban J connectivity index is 1.51. The van der Waals surface area contributed by atoms with Crippen LogP contribution in [-0.2, 0) is 17.9 Å². The first-order chi connectivity index (χ1) is 15.6. The number of hydrogen-bond acceptors (Lipinski definition) is 4. The average molecular weight is 443 g/mol. The lowest BCUT2D eigenvalue weighted by atomic mass is 9.93. The maximum atomic E-state index is 11.7. The first kappa shape index (κ1) is 24.5. The number of carbonyl (C=O) groups excluding carboxylic acids is 1. The summed E-state index contributed by atoms with van der Waals surface area (Å²) in [7, 11) is 3.93. The number of likely N-dealkylation sites (tertiary alicyclic amines) is 1. The Labute approximate surface area is 194 Å². The minimum atomic E-state index is 0.149. The van der Waals surface area contributed by atoms with E-state index in [4.69, 9.17) is 4.99 Å². The van der Waals surface area contributed by atoms with Crippen molar-refractivity contribution in [3.05, 3.63) is 35.4 Å². The maximum absolute atomic E-state index is 11.7. The van der Waals surface area contributed by atoms with E-state index < -0.39 is 0 Å². The average Bonchev–Trinajstić information content (AvgIpc) is 3.02. The van der Waals surface area contributed by atoms with Crippen molar-refractivity contribution in [2.45, 2.75) is 45.7 Å². The summed E-state index contributed by atoms with van der Waals surface area (Å²) in [6.45, 7) is 11.3. The quantitative estimate of drug-likeness (QED) is 0.500. The van der Waals surface area contributed by atoms with Crippen molar-refractivity contribution in [1.29, 1.82) is 0 Å². The molecule has 2 N–H and O–H groups in total. The number of nitrogens with one attached hydrogen (secondary N) is 2. The topological polar surface area (TPSA) is 63.2 Å². The van der Waals surface area contributed by atoms with Crippen molar-refractivity contribution in [2.75, 3.05) is 59.9 Å². The molecule has 7 heteroatoms. The van der Waals surface area contributed by atoms with Crippen LogP contribution in [0.3, 0.4) is 0 Å². The monoisotopic (exact) mass is 442 g/mol. The Bertz CT molecular complexity index is 726. The highest BCUT2D eigenvalue weighted by atomic mass is 16.1. The molecule has 0 unspecified atom stereocenters. The van der Waals surface area contributed by atoms with E-state index in [1.54, 1.807) is 7.05 Å². The fourth-order valence-corrected chi connectivity index (χ4v) is 4.57. The molecule has 32 heavy (non-hydrogen) atoms. The number of hydrogen-bond donors (Lipinski definition) is 2. The molecule has 7 nitrogen and oxygen atoms in total. The number of benzene rings is 1. The van der Waals surface area contributed by atoms with Crippen LogP contribution in [0.4, 0.5) is 0 Å². The van der Waals surface area contributed by atoms with Gasteiger partial charge in [-0.2, -0.15) is 0 Å². The zero-order valence-electron chi connectivity index (χ0n) is 20.3. The Morgan fingerprint density at radius 2 is 1.75 bits per heavy atom. The number of carbonyl (C=O) groups is 1. The Morgan fingerprint density at radius 1 is 1.03 bits per heavy atom. The zero-order chi connectivity index (χ0) is 22.8. The number of piperidine rings is 1. The minimum absolute atomic E-state index is 0.149. The maximum Gasteiger partial charge on any atom is 0.220 e. The van der Waals surface area contributed by atoms with Crippen LogP contribution < -0.4 is 10.6 Å². The van der Waals surface area contributed by atoms with Gasteiger partial charge < -0.3 is 20.4 Å². The second-order valence-electron chi connectivity index (χ2n) is 9.23. The normalized spacial score (nSPS) is 19.6. The molecule has 0 spiro atoms. The molecule has 0 radical (unpaired) electrons. The van der Waals surface area contributed by atoms with Crippen molar-refractivity contribution in [1.82, 2.24) is 25.3 Å². The predicted octanol–water partition coefficient (Wildman–Crippen LogP) is 2.14. The molecule has 0 aliphatic carbocycles. The third-order valence-corrected chi connectivity index (χ3v) is 6.65. The smallest absolute Gasteiger partial charge is 0.220 e. The molecule has 2 saturated heterocycles. The van der Waals surface area contributed by atoms with Gasteiger partial charge in [-0.3, -0.25) is 9.69 Å². The van der Waals surface area contributed by atoms with E-state index in [1.165, 1.54) is 30.6 Å². The number of nitrogens with zero attached hydrogens (tertiary/aromatic N) is 4. The van der Waals surface area contributed by atoms with E-state index in [0.717, 1.165) is 58.1 Å². The lowest BCUT2D eigenvalue weighted by Gasteiger charge is -2.34. The molecule has 0 aromatic heterocycles. The van der Waals surface area contributed by atoms with Crippen LogP contribution in [0.2, 0.25) is 0 Å². The van der Waals surface area contributed by atoms with Gasteiger partial charge in [-0.1, -0.05) is 24.3 Å². The SMILES string of the molecule is CCNC(=NCc1ccc(CN2CCCN(C)CC2)cc1)N1CCC(CC(=O)NC)CC1. The number of aliphatic imine (C=N–C) groups is 1. The highest BCUT2D eigenvalue weighted by Gasteiger charge is 2.23. The summed E-state index contributed by atoms with van der Waals surface area (Å²) < 4.78 is 0. The standard InChI is InChI=1S/C25H42N6O/c1-4-27-25(31-14-10-21(11-15-31)18-24(32)26-2)28-19-22-6-8-23(9-7-22)20-30-13-5-12-29(3)16-17-30/h6-9,21H,4-5,10-20H2,1-3H3,(H,26,32)(H,27,28). The van der Waals surface area contributed by atoms with Gasteiger partial charge in [0, 0.05) is 52.7 Å². The second-order valence-corrected chi connectivity index (χ2v) is 9.23. The summed E-state index contributed by atoms with van der Waals surface area (Å²) in [6.07, 6.45) is 3.97. The Kier molecular flexibility index (Phi) is 9.81. The Hall–Kier alpha value is -2.12. The van der Waals surface area contributed by atoms with Crippen molar-refractivity contribution in [2.24, 2.45) is 10.9 Å². The third-order valence-electron chi connectivity index (χ3n) is 6.65. The summed E-state index contributed by atoms with van der Waals surface area (Å²) in [5.41, 5.74) is 2.63. The van der Waals surface area contributed by atoms with Gasteiger partial charge in [-0.05, 0) is 63.4 Å². The minimum Gasteiger partial charge on any atom is -0.359 e. The highest BCUT2D eigenvalue weighted by Crippen LogP contribution is 2.20. The number of guanidine groups is 1. The molecule has 2 aliphatic heterocycles. The van der Waals surface area contributed by atoms with E-state index in [0.29, 0.717) is 18.9 Å². The second kappa shape index (κ2) is 12.8. The molecule has 0 bridgehead atoms. The van der Waals surface area contributed by atoms with Crippen molar-refractivity contribution < 1.29 is 4.79 Å². The molecule has 2 heterocycles. The molecular weight excluding hydrogens is 400 g/mol. The predicted molar refractivity (Wildman–Crippen MR) is 132 cm³/mol. The largest absolute Gasteiger partial charge is 0.359 e. The van der Waals surface area contributed by atoms with E-state index in [9.17, 15) is 4.79 Å². The fraction of sp³-hybridized carbons (Fsp3) is 0.680. The van der Waals surface area contributed by atoms with Gasteiger partial charge in [0.25, 0.3) is 0 Å². The zero-order valence-corrected chi connectivity index (χ0v) is 20.3. The van der Waals surface area contributed by atoms with Gasteiger partial charge in [-0.25, -0.2) is 4.99 Å². The van der Waals surface area contributed by atoms with Gasteiger partial charge in [0.2, 0.25) is 5.91 Å². The molecule has 1 aromatic rings. The van der Waals surface area contributed by atoms with E-state index in [2.05, 4.69) is 63.6 Å². The van der Waals surface area contributed by atoms with Crippen LogP contribution in [0.5, 0.6) is 0 Å². The summed E-state index contributed by atoms with van der Waals surface area (Å²) in [5, 5.41) is 6.19. The fourth-order valence-electron chi connectivity index (χ4n) is 4.57.